The lowest BCUT2D eigenvalue weighted by molar-refractivity contribution is -0.150. The maximum Gasteiger partial charge on any atom is 0.389 e. The lowest BCUT2D eigenvalue weighted by Gasteiger charge is -2.19. The van der Waals surface area contributed by atoms with E-state index in [4.69, 9.17) is 4.74 Å². The first-order valence-corrected chi connectivity index (χ1v) is 4.25. The van der Waals surface area contributed by atoms with Gasteiger partial charge in [0.05, 0.1) is 0 Å². The SMILES string of the molecule is CCC(C(=O)OC(C)(C)C)=C1OO1. The van der Waals surface area contributed by atoms with E-state index in [1.54, 1.807) is 0 Å². The Morgan fingerprint density at radius 3 is 2.23 bits per heavy atom. The van der Waals surface area contributed by atoms with E-state index < -0.39 is 5.60 Å². The molecule has 13 heavy (non-hydrogen) atoms. The normalized spacial score (nSPS) is 14.3. The average Bonchev–Trinajstić information content (AvgIpc) is 2.68. The van der Waals surface area contributed by atoms with Gasteiger partial charge in [0.15, 0.2) is 0 Å². The van der Waals surface area contributed by atoms with Crippen LogP contribution in [-0.2, 0) is 19.3 Å². The molecular weight excluding hydrogens is 172 g/mol. The standard InChI is InChI=1S/C9H14O4/c1-5-6(8-12-13-8)7(10)11-9(2,3)4/h5H2,1-4H3. The Bertz CT molecular complexity index is 241. The Kier molecular flexibility index (Phi) is 2.50. The molecule has 0 atom stereocenters. The smallest absolute Gasteiger partial charge is 0.389 e. The molecule has 0 radical (unpaired) electrons. The summed E-state index contributed by atoms with van der Waals surface area (Å²) in [7, 11) is 0. The zero-order chi connectivity index (χ0) is 10.1. The van der Waals surface area contributed by atoms with Gasteiger partial charge in [0.2, 0.25) is 0 Å². The second kappa shape index (κ2) is 3.28. The number of esters is 1. The molecule has 0 unspecified atom stereocenters. The summed E-state index contributed by atoms with van der Waals surface area (Å²) in [5.74, 6) is -0.0840. The third-order valence-corrected chi connectivity index (χ3v) is 1.41. The predicted molar refractivity (Wildman–Crippen MR) is 45.3 cm³/mol. The molecule has 0 aliphatic carbocycles. The van der Waals surface area contributed by atoms with Crippen molar-refractivity contribution in [3.8, 4) is 0 Å². The maximum atomic E-state index is 11.4. The Labute approximate surface area is 77.4 Å². The molecule has 1 aliphatic heterocycles. The molecule has 74 valence electrons. The van der Waals surface area contributed by atoms with Crippen molar-refractivity contribution in [2.75, 3.05) is 0 Å². The third-order valence-electron chi connectivity index (χ3n) is 1.41. The van der Waals surface area contributed by atoms with E-state index in [9.17, 15) is 4.79 Å². The van der Waals surface area contributed by atoms with Crippen molar-refractivity contribution in [2.24, 2.45) is 0 Å². The van der Waals surface area contributed by atoms with Gasteiger partial charge in [-0.25, -0.2) is 14.6 Å². The van der Waals surface area contributed by atoms with Gasteiger partial charge < -0.3 is 4.74 Å². The third kappa shape index (κ3) is 2.97. The van der Waals surface area contributed by atoms with Gasteiger partial charge in [-0.05, 0) is 27.2 Å². The molecule has 0 saturated carbocycles. The summed E-state index contributed by atoms with van der Waals surface area (Å²) in [6, 6.07) is 0. The molecule has 0 amide bonds. The first-order chi connectivity index (χ1) is 5.94. The van der Waals surface area contributed by atoms with Gasteiger partial charge in [0.25, 0.3) is 0 Å². The van der Waals surface area contributed by atoms with E-state index >= 15 is 0 Å². The van der Waals surface area contributed by atoms with Crippen LogP contribution in [0.25, 0.3) is 0 Å². The molecule has 0 N–H and O–H groups in total. The van der Waals surface area contributed by atoms with Crippen molar-refractivity contribution < 1.29 is 19.3 Å². The number of ether oxygens (including phenoxy) is 1. The van der Waals surface area contributed by atoms with E-state index in [1.165, 1.54) is 0 Å². The van der Waals surface area contributed by atoms with Crippen LogP contribution < -0.4 is 0 Å². The van der Waals surface area contributed by atoms with Crippen LogP contribution in [0.5, 0.6) is 0 Å². The summed E-state index contributed by atoms with van der Waals surface area (Å²) in [5.41, 5.74) is -0.0256. The first-order valence-electron chi connectivity index (χ1n) is 4.25. The zero-order valence-corrected chi connectivity index (χ0v) is 8.34. The van der Waals surface area contributed by atoms with E-state index in [0.717, 1.165) is 0 Å². The molecule has 0 aromatic carbocycles. The van der Waals surface area contributed by atoms with Crippen LogP contribution in [0, 0.1) is 0 Å². The Hall–Kier alpha value is -1.19. The molecule has 0 aromatic heterocycles. The van der Waals surface area contributed by atoms with Crippen molar-refractivity contribution >= 4 is 5.97 Å². The number of carbonyl (C=O) groups is 1. The second-order valence-electron chi connectivity index (χ2n) is 3.79. The van der Waals surface area contributed by atoms with Crippen molar-refractivity contribution in [2.45, 2.75) is 39.7 Å². The maximum absolute atomic E-state index is 11.4. The average molecular weight is 186 g/mol. The Morgan fingerprint density at radius 2 is 1.92 bits per heavy atom. The summed E-state index contributed by atoms with van der Waals surface area (Å²) in [4.78, 5) is 20.4. The van der Waals surface area contributed by atoms with Gasteiger partial charge >= 0.3 is 11.9 Å². The molecular formula is C9H14O4. The summed E-state index contributed by atoms with van der Waals surface area (Å²) >= 11 is 0. The van der Waals surface area contributed by atoms with Crippen molar-refractivity contribution in [1.29, 1.82) is 0 Å². The number of hydrogen-bond donors (Lipinski definition) is 0. The van der Waals surface area contributed by atoms with Crippen LogP contribution >= 0.6 is 0 Å². The highest BCUT2D eigenvalue weighted by molar-refractivity contribution is 5.89. The molecule has 4 heteroatoms. The van der Waals surface area contributed by atoms with Crippen LogP contribution in [0.1, 0.15) is 34.1 Å². The van der Waals surface area contributed by atoms with E-state index in [-0.39, 0.29) is 11.9 Å². The van der Waals surface area contributed by atoms with Crippen LogP contribution in [0.2, 0.25) is 0 Å². The quantitative estimate of drug-likeness (QED) is 0.286. The molecule has 1 fully saturated rings. The molecule has 0 spiro atoms. The molecule has 1 aliphatic rings. The van der Waals surface area contributed by atoms with Gasteiger partial charge in [-0.2, -0.15) is 0 Å². The van der Waals surface area contributed by atoms with Crippen LogP contribution in [0.3, 0.4) is 0 Å². The Balaban J connectivity index is 2.62. The van der Waals surface area contributed by atoms with Crippen LogP contribution in [-0.4, -0.2) is 11.6 Å². The first kappa shape index (κ1) is 9.89. The van der Waals surface area contributed by atoms with Crippen molar-refractivity contribution in [3.05, 3.63) is 11.5 Å². The molecule has 1 rings (SSSR count). The van der Waals surface area contributed by atoms with E-state index in [2.05, 4.69) is 9.78 Å². The lowest BCUT2D eigenvalue weighted by atomic mass is 10.1. The van der Waals surface area contributed by atoms with E-state index in [0.29, 0.717) is 12.0 Å². The highest BCUT2D eigenvalue weighted by Gasteiger charge is 2.31. The lowest BCUT2D eigenvalue weighted by Crippen LogP contribution is -2.24. The Morgan fingerprint density at radius 1 is 1.38 bits per heavy atom. The fraction of sp³-hybridized carbons (Fsp3) is 0.667. The minimum atomic E-state index is -0.479. The van der Waals surface area contributed by atoms with E-state index in [1.807, 2.05) is 27.7 Å². The molecule has 0 bridgehead atoms. The minimum Gasteiger partial charge on any atom is -0.456 e. The summed E-state index contributed by atoms with van der Waals surface area (Å²) in [5, 5.41) is 0. The van der Waals surface area contributed by atoms with Crippen molar-refractivity contribution in [1.82, 2.24) is 0 Å². The minimum absolute atomic E-state index is 0.289. The van der Waals surface area contributed by atoms with Gasteiger partial charge in [-0.3, -0.25) is 0 Å². The molecule has 1 heterocycles. The fourth-order valence-corrected chi connectivity index (χ4v) is 0.833. The zero-order valence-electron chi connectivity index (χ0n) is 8.34. The number of carbonyl (C=O) groups excluding carboxylic acids is 1. The predicted octanol–water partition coefficient (Wildman–Crippen LogP) is 1.91. The second-order valence-corrected chi connectivity index (χ2v) is 3.79. The van der Waals surface area contributed by atoms with Gasteiger partial charge in [-0.1, -0.05) is 6.92 Å². The highest BCUT2D eigenvalue weighted by Crippen LogP contribution is 2.26. The number of hydrogen-bond acceptors (Lipinski definition) is 4. The van der Waals surface area contributed by atoms with Crippen molar-refractivity contribution in [3.63, 3.8) is 0 Å². The highest BCUT2D eigenvalue weighted by atomic mass is 17.4. The van der Waals surface area contributed by atoms with Gasteiger partial charge in [-0.15, -0.1) is 0 Å². The molecule has 0 aromatic rings. The topological polar surface area (TPSA) is 51.4 Å². The van der Waals surface area contributed by atoms with Crippen LogP contribution in [0.15, 0.2) is 11.5 Å². The van der Waals surface area contributed by atoms with Gasteiger partial charge in [0, 0.05) is 0 Å². The summed E-state index contributed by atoms with van der Waals surface area (Å²) in [6.45, 7) is 7.30. The fourth-order valence-electron chi connectivity index (χ4n) is 0.833. The van der Waals surface area contributed by atoms with Crippen LogP contribution in [0.4, 0.5) is 0 Å². The number of rotatable bonds is 2. The van der Waals surface area contributed by atoms with Gasteiger partial charge in [0.1, 0.15) is 11.2 Å². The summed E-state index contributed by atoms with van der Waals surface area (Å²) < 4.78 is 5.14. The largest absolute Gasteiger partial charge is 0.456 e. The monoisotopic (exact) mass is 186 g/mol. The molecule has 4 nitrogen and oxygen atoms in total. The summed E-state index contributed by atoms with van der Waals surface area (Å²) in [6.07, 6.45) is 0.546. The molecule has 1 saturated heterocycles.